The summed E-state index contributed by atoms with van der Waals surface area (Å²) in [6.45, 7) is 0. The molecule has 5 atom stereocenters. The van der Waals surface area contributed by atoms with E-state index in [1.807, 2.05) is 0 Å². The van der Waals surface area contributed by atoms with Gasteiger partial charge in [-0.2, -0.15) is 0 Å². The van der Waals surface area contributed by atoms with Crippen LogP contribution >= 0.6 is 15.9 Å². The molecular weight excluding hydrogens is 232 g/mol. The van der Waals surface area contributed by atoms with E-state index < -0.39 is 30.7 Å². The quantitative estimate of drug-likeness (QED) is 0.407. The van der Waals surface area contributed by atoms with Crippen molar-refractivity contribution in [1.82, 2.24) is 0 Å². The van der Waals surface area contributed by atoms with E-state index in [1.54, 1.807) is 0 Å². The molecule has 0 amide bonds. The van der Waals surface area contributed by atoms with Gasteiger partial charge < -0.3 is 25.2 Å². The lowest BCUT2D eigenvalue weighted by atomic mass is 10.0. The summed E-state index contributed by atoms with van der Waals surface area (Å²) in [5.74, 6) is 0. The molecular formula is C6H11BrO5. The lowest BCUT2D eigenvalue weighted by Crippen LogP contribution is -2.57. The first kappa shape index (κ1) is 10.4. The molecule has 1 aliphatic rings. The van der Waals surface area contributed by atoms with Gasteiger partial charge in [0.2, 0.25) is 0 Å². The van der Waals surface area contributed by atoms with E-state index >= 15 is 0 Å². The van der Waals surface area contributed by atoms with Gasteiger partial charge in [0.15, 0.2) is 6.29 Å². The molecule has 1 aliphatic heterocycles. The topological polar surface area (TPSA) is 90.2 Å². The van der Waals surface area contributed by atoms with E-state index in [4.69, 9.17) is 20.1 Å². The van der Waals surface area contributed by atoms with Gasteiger partial charge >= 0.3 is 0 Å². The Labute approximate surface area is 77.7 Å². The van der Waals surface area contributed by atoms with Crippen LogP contribution in [-0.2, 0) is 4.74 Å². The number of aliphatic hydroxyl groups is 4. The first-order valence-electron chi connectivity index (χ1n) is 3.51. The summed E-state index contributed by atoms with van der Waals surface area (Å²) < 4.78 is 4.78. The van der Waals surface area contributed by atoms with Gasteiger partial charge in [0, 0.05) is 5.33 Å². The standard InChI is InChI=1S/C6H11BrO5/c7-1-2-3(8)4(9)5(10)6(11)12-2/h2-6,8-11H,1H2/t2?,3-,4?,5+,6?/m1/s1. The molecule has 6 heteroatoms. The van der Waals surface area contributed by atoms with Crippen LogP contribution in [-0.4, -0.2) is 56.5 Å². The van der Waals surface area contributed by atoms with Crippen LogP contribution in [0, 0.1) is 0 Å². The third-order valence-electron chi connectivity index (χ3n) is 1.84. The molecule has 0 spiro atoms. The fraction of sp³-hybridized carbons (Fsp3) is 1.00. The highest BCUT2D eigenvalue weighted by molar-refractivity contribution is 9.09. The number of halogens is 1. The second kappa shape index (κ2) is 3.99. The molecule has 4 N–H and O–H groups in total. The molecule has 1 fully saturated rings. The van der Waals surface area contributed by atoms with E-state index in [1.165, 1.54) is 0 Å². The Morgan fingerprint density at radius 3 is 2.08 bits per heavy atom. The second-order valence-electron chi connectivity index (χ2n) is 2.69. The highest BCUT2D eigenvalue weighted by Gasteiger charge is 2.42. The fourth-order valence-electron chi connectivity index (χ4n) is 1.06. The number of hydrogen-bond acceptors (Lipinski definition) is 5. The average molecular weight is 243 g/mol. The summed E-state index contributed by atoms with van der Waals surface area (Å²) in [5.41, 5.74) is 0. The molecule has 3 unspecified atom stereocenters. The van der Waals surface area contributed by atoms with E-state index in [9.17, 15) is 5.11 Å². The Kier molecular flexibility index (Phi) is 3.45. The maximum atomic E-state index is 9.25. The zero-order valence-electron chi connectivity index (χ0n) is 6.17. The fourth-order valence-corrected chi connectivity index (χ4v) is 1.59. The van der Waals surface area contributed by atoms with Gasteiger partial charge in [-0.05, 0) is 0 Å². The molecule has 1 heterocycles. The second-order valence-corrected chi connectivity index (χ2v) is 3.34. The molecule has 12 heavy (non-hydrogen) atoms. The van der Waals surface area contributed by atoms with Gasteiger partial charge in [0.25, 0.3) is 0 Å². The van der Waals surface area contributed by atoms with Crippen LogP contribution < -0.4 is 0 Å². The third kappa shape index (κ3) is 1.78. The SMILES string of the molecule is OC1OC(CBr)[C@@H](O)C(O)[C@@H]1O. The minimum absolute atomic E-state index is 0.287. The lowest BCUT2D eigenvalue weighted by molar-refractivity contribution is -0.276. The number of rotatable bonds is 1. The monoisotopic (exact) mass is 242 g/mol. The van der Waals surface area contributed by atoms with Crippen LogP contribution in [0.4, 0.5) is 0 Å². The van der Waals surface area contributed by atoms with Crippen molar-refractivity contribution in [3.05, 3.63) is 0 Å². The van der Waals surface area contributed by atoms with Crippen LogP contribution in [0.1, 0.15) is 0 Å². The average Bonchev–Trinajstić information content (AvgIpc) is 2.08. The van der Waals surface area contributed by atoms with Crippen molar-refractivity contribution in [2.45, 2.75) is 30.7 Å². The van der Waals surface area contributed by atoms with Crippen LogP contribution in [0.2, 0.25) is 0 Å². The Bertz CT molecular complexity index is 150. The predicted octanol–water partition coefficient (Wildman–Crippen LogP) is -1.82. The highest BCUT2D eigenvalue weighted by Crippen LogP contribution is 2.20. The smallest absolute Gasteiger partial charge is 0.183 e. The highest BCUT2D eigenvalue weighted by atomic mass is 79.9. The van der Waals surface area contributed by atoms with E-state index in [0.717, 1.165) is 0 Å². The van der Waals surface area contributed by atoms with Crippen LogP contribution in [0.25, 0.3) is 0 Å². The van der Waals surface area contributed by atoms with Gasteiger partial charge in [-0.15, -0.1) is 0 Å². The summed E-state index contributed by atoms with van der Waals surface area (Å²) in [6.07, 6.45) is -6.13. The maximum Gasteiger partial charge on any atom is 0.183 e. The van der Waals surface area contributed by atoms with Crippen molar-refractivity contribution >= 4 is 15.9 Å². The Morgan fingerprint density at radius 2 is 1.58 bits per heavy atom. The lowest BCUT2D eigenvalue weighted by Gasteiger charge is -2.37. The number of hydrogen-bond donors (Lipinski definition) is 4. The van der Waals surface area contributed by atoms with Gasteiger partial charge in [0.05, 0.1) is 6.10 Å². The van der Waals surface area contributed by atoms with E-state index in [0.29, 0.717) is 0 Å². The molecule has 1 rings (SSSR count). The molecule has 1 saturated heterocycles. The van der Waals surface area contributed by atoms with Gasteiger partial charge in [-0.3, -0.25) is 0 Å². The summed E-state index contributed by atoms with van der Waals surface area (Å²) in [7, 11) is 0. The molecule has 0 radical (unpaired) electrons. The largest absolute Gasteiger partial charge is 0.388 e. The van der Waals surface area contributed by atoms with Crippen molar-refractivity contribution < 1.29 is 25.2 Å². The van der Waals surface area contributed by atoms with Crippen LogP contribution in [0.15, 0.2) is 0 Å². The summed E-state index contributed by atoms with van der Waals surface area (Å²) in [6, 6.07) is 0. The number of alkyl halides is 1. The Balaban J connectivity index is 2.63. The Hall–Kier alpha value is 0.280. The molecule has 0 saturated carbocycles. The van der Waals surface area contributed by atoms with E-state index in [2.05, 4.69) is 15.9 Å². The summed E-state index contributed by atoms with van der Waals surface area (Å²) in [4.78, 5) is 0. The summed E-state index contributed by atoms with van der Waals surface area (Å²) in [5, 5.41) is 36.7. The Morgan fingerprint density at radius 1 is 1.00 bits per heavy atom. The molecule has 0 aromatic rings. The predicted molar refractivity (Wildman–Crippen MR) is 42.7 cm³/mol. The van der Waals surface area contributed by atoms with Crippen molar-refractivity contribution in [3.8, 4) is 0 Å². The maximum absolute atomic E-state index is 9.25. The molecule has 0 bridgehead atoms. The van der Waals surface area contributed by atoms with E-state index in [-0.39, 0.29) is 5.33 Å². The minimum atomic E-state index is -1.45. The van der Waals surface area contributed by atoms with Crippen molar-refractivity contribution in [3.63, 3.8) is 0 Å². The van der Waals surface area contributed by atoms with Gasteiger partial charge in [-0.1, -0.05) is 15.9 Å². The number of ether oxygens (including phenoxy) is 1. The van der Waals surface area contributed by atoms with Gasteiger partial charge in [0.1, 0.15) is 18.3 Å². The number of aliphatic hydroxyl groups excluding tert-OH is 4. The normalized spacial score (nSPS) is 49.2. The zero-order valence-corrected chi connectivity index (χ0v) is 7.75. The first-order chi connectivity index (χ1) is 5.57. The van der Waals surface area contributed by atoms with Gasteiger partial charge in [-0.25, -0.2) is 0 Å². The van der Waals surface area contributed by atoms with Crippen molar-refractivity contribution in [2.24, 2.45) is 0 Å². The third-order valence-corrected chi connectivity index (χ3v) is 2.48. The minimum Gasteiger partial charge on any atom is -0.388 e. The van der Waals surface area contributed by atoms with Crippen molar-refractivity contribution in [2.75, 3.05) is 5.33 Å². The molecule has 72 valence electrons. The molecule has 5 nitrogen and oxygen atoms in total. The zero-order chi connectivity index (χ0) is 9.30. The molecule has 0 aliphatic carbocycles. The van der Waals surface area contributed by atoms with Crippen LogP contribution in [0.3, 0.4) is 0 Å². The van der Waals surface area contributed by atoms with Crippen molar-refractivity contribution in [1.29, 1.82) is 0 Å². The molecule has 0 aromatic heterocycles. The summed E-state index contributed by atoms with van der Waals surface area (Å²) >= 11 is 3.04. The first-order valence-corrected chi connectivity index (χ1v) is 4.63. The van der Waals surface area contributed by atoms with Crippen LogP contribution in [0.5, 0.6) is 0 Å². The molecule has 0 aromatic carbocycles.